The van der Waals surface area contributed by atoms with E-state index in [2.05, 4.69) is 4.74 Å². The number of nitrogens with zero attached hydrogens (tertiary/aromatic N) is 3. The lowest BCUT2D eigenvalue weighted by Gasteiger charge is -2.19. The van der Waals surface area contributed by atoms with E-state index in [0.29, 0.717) is 47.8 Å². The molecule has 0 aromatic heterocycles. The maximum absolute atomic E-state index is 13.6. The first-order valence-corrected chi connectivity index (χ1v) is 16.2. The molecule has 19 heteroatoms. The predicted octanol–water partition coefficient (Wildman–Crippen LogP) is 8.36. The minimum atomic E-state index is -4.85. The number of hydrogen-bond acceptors (Lipinski definition) is 10. The summed E-state index contributed by atoms with van der Waals surface area (Å²) in [7, 11) is 0. The number of carbonyl (C=O) groups excluding carboxylic acids is 4. The van der Waals surface area contributed by atoms with Gasteiger partial charge >= 0.3 is 24.3 Å². The molecule has 2 amide bonds. The first kappa shape index (κ1) is 38.1. The number of nitro benzene ring substituents is 2. The van der Waals surface area contributed by atoms with Crippen molar-refractivity contribution in [1.29, 1.82) is 0 Å². The van der Waals surface area contributed by atoms with Crippen molar-refractivity contribution in [3.05, 3.63) is 138 Å². The number of hydrogen-bond donors (Lipinski definition) is 1. The molecule has 8 rings (SSSR count). The van der Waals surface area contributed by atoms with E-state index in [4.69, 9.17) is 5.73 Å². The molecular formula is C36H24F6N4O9. The molecule has 2 fully saturated rings. The molecule has 2 aliphatic carbocycles. The summed E-state index contributed by atoms with van der Waals surface area (Å²) in [6.45, 7) is 0. The lowest BCUT2D eigenvalue weighted by molar-refractivity contribution is -0.385. The van der Waals surface area contributed by atoms with Crippen LogP contribution >= 0.6 is 0 Å². The third-order valence-corrected chi connectivity index (χ3v) is 8.90. The topological polar surface area (TPSA) is 193 Å². The third-order valence-electron chi connectivity index (χ3n) is 8.90. The second kappa shape index (κ2) is 14.0. The van der Waals surface area contributed by atoms with E-state index in [1.54, 1.807) is 24.3 Å². The van der Waals surface area contributed by atoms with Crippen LogP contribution in [0.25, 0.3) is 0 Å². The minimum Gasteiger partial charge on any atom is -0.399 e. The largest absolute Gasteiger partial charge is 0.417 e. The molecule has 0 spiro atoms. The van der Waals surface area contributed by atoms with E-state index in [1.807, 2.05) is 0 Å². The van der Waals surface area contributed by atoms with Gasteiger partial charge < -0.3 is 10.5 Å². The summed E-state index contributed by atoms with van der Waals surface area (Å²) >= 11 is 0. The Hall–Kier alpha value is -6.66. The minimum absolute atomic E-state index is 0.0463. The average molecular weight is 771 g/mol. The van der Waals surface area contributed by atoms with Crippen LogP contribution in [-0.4, -0.2) is 33.6 Å². The zero-order chi connectivity index (χ0) is 40.1. The van der Waals surface area contributed by atoms with Gasteiger partial charge in [-0.15, -0.1) is 0 Å². The predicted molar refractivity (Wildman–Crippen MR) is 178 cm³/mol. The van der Waals surface area contributed by atoms with Crippen molar-refractivity contribution in [2.75, 3.05) is 10.6 Å². The number of carbonyl (C=O) groups is 4. The number of cyclic esters (lactones) is 2. The number of rotatable bonds is 5. The van der Waals surface area contributed by atoms with Crippen LogP contribution in [0.2, 0.25) is 0 Å². The number of halogens is 6. The number of imide groups is 1. The lowest BCUT2D eigenvalue weighted by atomic mass is 9.99. The maximum atomic E-state index is 13.6. The zero-order valence-electron chi connectivity index (χ0n) is 27.8. The van der Waals surface area contributed by atoms with Gasteiger partial charge in [0.05, 0.1) is 48.9 Å². The van der Waals surface area contributed by atoms with Gasteiger partial charge in [-0.3, -0.25) is 29.8 Å². The molecule has 4 aromatic carbocycles. The van der Waals surface area contributed by atoms with Crippen molar-refractivity contribution in [2.45, 2.75) is 49.9 Å². The number of nitrogens with two attached hydrogens (primary N) is 1. The molecule has 2 aliphatic heterocycles. The molecule has 2 N–H and O–H groups in total. The van der Waals surface area contributed by atoms with Crippen LogP contribution in [0.4, 0.5) is 49.1 Å². The Bertz CT molecular complexity index is 2250. The summed E-state index contributed by atoms with van der Waals surface area (Å²) in [5.41, 5.74) is 1.38. The normalized spacial score (nSPS) is 16.0. The molecule has 55 heavy (non-hydrogen) atoms. The highest BCUT2D eigenvalue weighted by Crippen LogP contribution is 2.52. The molecule has 0 radical (unpaired) electrons. The van der Waals surface area contributed by atoms with Crippen molar-refractivity contribution >= 4 is 46.5 Å². The molecule has 284 valence electrons. The summed E-state index contributed by atoms with van der Waals surface area (Å²) in [5.74, 6) is -3.63. The molecular weight excluding hydrogens is 746 g/mol. The Labute approximate surface area is 304 Å². The Morgan fingerprint density at radius 3 is 1.38 bits per heavy atom. The first-order valence-electron chi connectivity index (χ1n) is 16.2. The van der Waals surface area contributed by atoms with Gasteiger partial charge in [-0.05, 0) is 73.9 Å². The van der Waals surface area contributed by atoms with Crippen LogP contribution in [0.5, 0.6) is 0 Å². The molecule has 0 bridgehead atoms. The monoisotopic (exact) mass is 770 g/mol. The summed E-state index contributed by atoms with van der Waals surface area (Å²) in [5, 5.41) is 22.2. The van der Waals surface area contributed by atoms with Gasteiger partial charge in [-0.1, -0.05) is 24.3 Å². The van der Waals surface area contributed by atoms with Crippen LogP contribution in [-0.2, 0) is 17.1 Å². The maximum Gasteiger partial charge on any atom is 0.417 e. The molecule has 2 heterocycles. The van der Waals surface area contributed by atoms with Gasteiger partial charge in [0.2, 0.25) is 0 Å². The Morgan fingerprint density at radius 1 is 0.618 bits per heavy atom. The molecule has 0 saturated heterocycles. The standard InChI is InChI=1S/C18H11F3N2O4.C10H9F3N2O2.C8H4O3/c19-18(20,21)13-7-10(8-14(23(26)27)15(13)9-5-6-9)22-16(24)11-3-1-2-4-12(11)17(22)25;11-10(12,13)7-3-6(14)4-8(15(16)17)9(7)5-1-2-5;9-7-5-3-1-2-4-6(5)8(10)11-7/h1-4,7-9H,5-6H2;3-5H,1-2,14H2;1-4H. The Morgan fingerprint density at radius 2 is 1.00 bits per heavy atom. The first-order chi connectivity index (χ1) is 25.8. The number of nitro groups is 2. The Balaban J connectivity index is 0.000000156. The lowest BCUT2D eigenvalue weighted by Crippen LogP contribution is -2.30. The highest BCUT2D eigenvalue weighted by Gasteiger charge is 2.46. The number of esters is 2. The average Bonchev–Trinajstić information content (AvgIpc) is 4.06. The van der Waals surface area contributed by atoms with Gasteiger partial charge in [0.1, 0.15) is 0 Å². The molecule has 0 atom stereocenters. The molecule has 0 unspecified atom stereocenters. The SMILES string of the molecule is Nc1cc([N+](=O)[O-])c(C2CC2)c(C(F)(F)F)c1.O=C1OC(=O)c2ccccc21.O=C1c2ccccc2C(=O)N1c1cc([N+](=O)[O-])c(C2CC2)c(C(F)(F)F)c1. The van der Waals surface area contributed by atoms with Gasteiger partial charge in [-0.25, -0.2) is 14.5 Å². The van der Waals surface area contributed by atoms with Gasteiger partial charge in [-0.2, -0.15) is 26.3 Å². The zero-order valence-corrected chi connectivity index (χ0v) is 27.8. The van der Waals surface area contributed by atoms with Crippen molar-refractivity contribution in [3.8, 4) is 0 Å². The molecule has 13 nitrogen and oxygen atoms in total. The fourth-order valence-corrected chi connectivity index (χ4v) is 6.24. The highest BCUT2D eigenvalue weighted by atomic mass is 19.4. The van der Waals surface area contributed by atoms with E-state index in [1.165, 1.54) is 24.3 Å². The van der Waals surface area contributed by atoms with Crippen molar-refractivity contribution < 1.29 is 60.1 Å². The quantitative estimate of drug-likeness (QED) is 0.0392. The summed E-state index contributed by atoms with van der Waals surface area (Å²) in [6, 6.07) is 15.6. The Kier molecular flexibility index (Phi) is 9.66. The highest BCUT2D eigenvalue weighted by molar-refractivity contribution is 6.34. The van der Waals surface area contributed by atoms with E-state index >= 15 is 0 Å². The smallest absolute Gasteiger partial charge is 0.399 e. The molecule has 4 aromatic rings. The van der Waals surface area contributed by atoms with Crippen molar-refractivity contribution in [1.82, 2.24) is 0 Å². The van der Waals surface area contributed by atoms with Gasteiger partial charge in [0.25, 0.3) is 23.2 Å². The van der Waals surface area contributed by atoms with E-state index in [0.717, 1.165) is 18.2 Å². The number of anilines is 2. The van der Waals surface area contributed by atoms with Crippen LogP contribution in [0.3, 0.4) is 0 Å². The van der Waals surface area contributed by atoms with Crippen molar-refractivity contribution in [3.63, 3.8) is 0 Å². The number of amides is 2. The summed E-state index contributed by atoms with van der Waals surface area (Å²) < 4.78 is 83.5. The molecule has 4 aliphatic rings. The second-order valence-electron chi connectivity index (χ2n) is 12.7. The number of ether oxygens (including phenoxy) is 1. The number of benzene rings is 4. The van der Waals surface area contributed by atoms with Crippen LogP contribution in [0.1, 0.15) is 101 Å². The third kappa shape index (κ3) is 7.58. The van der Waals surface area contributed by atoms with Crippen LogP contribution in [0, 0.1) is 20.2 Å². The fourth-order valence-electron chi connectivity index (χ4n) is 6.24. The van der Waals surface area contributed by atoms with Crippen molar-refractivity contribution in [2.24, 2.45) is 0 Å². The molecule has 2 saturated carbocycles. The van der Waals surface area contributed by atoms with E-state index in [9.17, 15) is 65.7 Å². The van der Waals surface area contributed by atoms with Gasteiger partial charge in [0, 0.05) is 28.9 Å². The van der Waals surface area contributed by atoms with Gasteiger partial charge in [0.15, 0.2) is 0 Å². The second-order valence-corrected chi connectivity index (χ2v) is 12.7. The summed E-state index contributed by atoms with van der Waals surface area (Å²) in [6.07, 6.45) is -7.51. The van der Waals surface area contributed by atoms with E-state index in [-0.39, 0.29) is 33.9 Å². The fraction of sp³-hybridized carbons (Fsp3) is 0.222. The van der Waals surface area contributed by atoms with E-state index < -0.39 is 80.1 Å². The summed E-state index contributed by atoms with van der Waals surface area (Å²) in [4.78, 5) is 67.8. The number of fused-ring (bicyclic) bond motifs is 2. The number of alkyl halides is 6. The number of nitrogen functional groups attached to an aromatic ring is 1. The van der Waals surface area contributed by atoms with Crippen LogP contribution in [0.15, 0.2) is 72.8 Å². The van der Waals surface area contributed by atoms with Crippen LogP contribution < -0.4 is 10.6 Å².